The number of anilines is 2. The molecule has 5 rings (SSSR count). The van der Waals surface area contributed by atoms with Crippen molar-refractivity contribution >= 4 is 40.1 Å². The van der Waals surface area contributed by atoms with Crippen molar-refractivity contribution in [1.82, 2.24) is 14.3 Å². The zero-order valence-electron chi connectivity index (χ0n) is 18.7. The van der Waals surface area contributed by atoms with E-state index in [-0.39, 0.29) is 11.8 Å². The standard InChI is InChI=1S/C25H24FN5O3/c1-34-24(32)18-6-2-3-7-19(18)28-25(33)30-12-5-11-29(14-15-30)23-22-8-4-13-31(22)21-10-9-17(26)16-20(21)27-23/h2-4,6-10,13,16H,5,11-12,14-15H2,1H3,(H,28,33). The van der Waals surface area contributed by atoms with Crippen LogP contribution < -0.4 is 10.2 Å². The molecule has 3 heterocycles. The second kappa shape index (κ2) is 9.01. The van der Waals surface area contributed by atoms with Gasteiger partial charge in [0.05, 0.1) is 34.9 Å². The van der Waals surface area contributed by atoms with E-state index in [1.54, 1.807) is 35.2 Å². The first-order valence-electron chi connectivity index (χ1n) is 11.1. The Kier molecular flexibility index (Phi) is 5.75. The molecule has 0 saturated carbocycles. The van der Waals surface area contributed by atoms with Crippen LogP contribution in [0.25, 0.3) is 16.6 Å². The Morgan fingerprint density at radius 3 is 2.71 bits per heavy atom. The van der Waals surface area contributed by atoms with Crippen LogP contribution >= 0.6 is 0 Å². The number of ether oxygens (including phenoxy) is 1. The van der Waals surface area contributed by atoms with Gasteiger partial charge >= 0.3 is 12.0 Å². The summed E-state index contributed by atoms with van der Waals surface area (Å²) in [4.78, 5) is 33.6. The highest BCUT2D eigenvalue weighted by atomic mass is 19.1. The number of methoxy groups -OCH3 is 1. The molecule has 2 amide bonds. The Hall–Kier alpha value is -4.14. The van der Waals surface area contributed by atoms with Crippen LogP contribution in [0.15, 0.2) is 60.8 Å². The number of para-hydroxylation sites is 1. The van der Waals surface area contributed by atoms with E-state index in [1.807, 2.05) is 22.7 Å². The van der Waals surface area contributed by atoms with Gasteiger partial charge in [-0.3, -0.25) is 0 Å². The van der Waals surface area contributed by atoms with E-state index in [0.717, 1.165) is 23.3 Å². The molecule has 0 bridgehead atoms. The second-order valence-electron chi connectivity index (χ2n) is 8.13. The maximum atomic E-state index is 13.9. The number of benzene rings is 2. The van der Waals surface area contributed by atoms with Crippen LogP contribution in [0.1, 0.15) is 16.8 Å². The minimum atomic E-state index is -0.507. The number of urea groups is 1. The predicted molar refractivity (Wildman–Crippen MR) is 128 cm³/mol. The van der Waals surface area contributed by atoms with Crippen molar-refractivity contribution in [3.05, 3.63) is 72.2 Å². The van der Waals surface area contributed by atoms with E-state index in [4.69, 9.17) is 9.72 Å². The quantitative estimate of drug-likeness (QED) is 0.464. The largest absolute Gasteiger partial charge is 0.465 e. The molecule has 8 nitrogen and oxygen atoms in total. The van der Waals surface area contributed by atoms with Gasteiger partial charge in [0, 0.05) is 38.4 Å². The maximum Gasteiger partial charge on any atom is 0.339 e. The zero-order valence-corrected chi connectivity index (χ0v) is 18.7. The van der Waals surface area contributed by atoms with Crippen LogP contribution in [0, 0.1) is 5.82 Å². The number of nitrogens with one attached hydrogen (secondary N) is 1. The monoisotopic (exact) mass is 461 g/mol. The van der Waals surface area contributed by atoms with Crippen LogP contribution in [0.4, 0.5) is 20.7 Å². The van der Waals surface area contributed by atoms with Gasteiger partial charge in [-0.05, 0) is 42.8 Å². The van der Waals surface area contributed by atoms with Crippen molar-refractivity contribution < 1.29 is 18.7 Å². The number of halogens is 1. The van der Waals surface area contributed by atoms with E-state index < -0.39 is 5.97 Å². The molecule has 0 atom stereocenters. The molecular formula is C25H24FN5O3. The molecule has 34 heavy (non-hydrogen) atoms. The molecule has 1 fully saturated rings. The van der Waals surface area contributed by atoms with Gasteiger partial charge in [-0.15, -0.1) is 0 Å². The van der Waals surface area contributed by atoms with E-state index in [0.29, 0.717) is 42.9 Å². The molecule has 0 spiro atoms. The Morgan fingerprint density at radius 1 is 1.00 bits per heavy atom. The van der Waals surface area contributed by atoms with Crippen LogP contribution in [0.5, 0.6) is 0 Å². The van der Waals surface area contributed by atoms with E-state index >= 15 is 0 Å². The summed E-state index contributed by atoms with van der Waals surface area (Å²) in [6.45, 7) is 2.31. The highest BCUT2D eigenvalue weighted by molar-refractivity contribution is 6.00. The van der Waals surface area contributed by atoms with Gasteiger partial charge in [-0.25, -0.2) is 19.0 Å². The first-order valence-corrected chi connectivity index (χ1v) is 11.1. The van der Waals surface area contributed by atoms with Crippen molar-refractivity contribution in [2.45, 2.75) is 6.42 Å². The molecule has 1 saturated heterocycles. The van der Waals surface area contributed by atoms with Gasteiger partial charge in [0.25, 0.3) is 0 Å². The predicted octanol–water partition coefficient (Wildman–Crippen LogP) is 4.16. The van der Waals surface area contributed by atoms with E-state index in [2.05, 4.69) is 10.2 Å². The van der Waals surface area contributed by atoms with Gasteiger partial charge in [0.1, 0.15) is 5.82 Å². The average molecular weight is 461 g/mol. The number of carbonyl (C=O) groups is 2. The summed E-state index contributed by atoms with van der Waals surface area (Å²) in [5.41, 5.74) is 3.07. The van der Waals surface area contributed by atoms with Crippen LogP contribution in [0.2, 0.25) is 0 Å². The van der Waals surface area contributed by atoms with Crippen molar-refractivity contribution in [3.63, 3.8) is 0 Å². The van der Waals surface area contributed by atoms with E-state index in [1.165, 1.54) is 19.2 Å². The summed E-state index contributed by atoms with van der Waals surface area (Å²) >= 11 is 0. The third-order valence-electron chi connectivity index (χ3n) is 6.06. The minimum Gasteiger partial charge on any atom is -0.465 e. The molecule has 9 heteroatoms. The molecule has 0 unspecified atom stereocenters. The number of hydrogen-bond donors (Lipinski definition) is 1. The lowest BCUT2D eigenvalue weighted by Gasteiger charge is -2.24. The zero-order chi connectivity index (χ0) is 23.7. The number of rotatable bonds is 3. The van der Waals surface area contributed by atoms with Crippen molar-refractivity contribution in [2.75, 3.05) is 43.5 Å². The number of amides is 2. The molecule has 0 radical (unpaired) electrons. The molecule has 1 aliphatic rings. The normalized spacial score (nSPS) is 14.3. The lowest BCUT2D eigenvalue weighted by Crippen LogP contribution is -2.38. The fourth-order valence-corrected chi connectivity index (χ4v) is 4.37. The SMILES string of the molecule is COC(=O)c1ccccc1NC(=O)N1CCCN(c2nc3cc(F)ccc3n3cccc23)CC1. The Morgan fingerprint density at radius 2 is 1.85 bits per heavy atom. The summed E-state index contributed by atoms with van der Waals surface area (Å²) in [5.74, 6) is -0.0715. The topological polar surface area (TPSA) is 79.2 Å². The lowest BCUT2D eigenvalue weighted by molar-refractivity contribution is 0.0602. The summed E-state index contributed by atoms with van der Waals surface area (Å²) in [5, 5.41) is 2.84. The second-order valence-corrected chi connectivity index (χ2v) is 8.13. The van der Waals surface area contributed by atoms with Gasteiger partial charge < -0.3 is 24.3 Å². The fourth-order valence-electron chi connectivity index (χ4n) is 4.37. The maximum absolute atomic E-state index is 13.9. The summed E-state index contributed by atoms with van der Waals surface area (Å²) in [7, 11) is 1.31. The van der Waals surface area contributed by atoms with Gasteiger partial charge in [0.15, 0.2) is 5.82 Å². The molecule has 2 aromatic carbocycles. The third kappa shape index (κ3) is 4.00. The van der Waals surface area contributed by atoms with Crippen molar-refractivity contribution in [1.29, 1.82) is 0 Å². The van der Waals surface area contributed by atoms with Gasteiger partial charge in [-0.2, -0.15) is 0 Å². The summed E-state index contributed by atoms with van der Waals surface area (Å²) in [6.07, 6.45) is 2.68. The third-order valence-corrected chi connectivity index (χ3v) is 6.06. The number of aromatic nitrogens is 2. The van der Waals surface area contributed by atoms with E-state index in [9.17, 15) is 14.0 Å². The highest BCUT2D eigenvalue weighted by Gasteiger charge is 2.23. The fraction of sp³-hybridized carbons (Fsp3) is 0.240. The highest BCUT2D eigenvalue weighted by Crippen LogP contribution is 2.27. The Bertz CT molecular complexity index is 1390. The molecule has 0 aliphatic carbocycles. The Labute approximate surface area is 195 Å². The minimum absolute atomic E-state index is 0.278. The summed E-state index contributed by atoms with van der Waals surface area (Å²) < 4.78 is 20.7. The number of nitrogens with zero attached hydrogens (tertiary/aromatic N) is 4. The average Bonchev–Trinajstić information content (AvgIpc) is 3.21. The Balaban J connectivity index is 1.36. The van der Waals surface area contributed by atoms with Crippen LogP contribution in [-0.4, -0.2) is 59.6 Å². The number of esters is 1. The van der Waals surface area contributed by atoms with Crippen LogP contribution in [0.3, 0.4) is 0 Å². The molecule has 4 aromatic rings. The molecule has 1 aliphatic heterocycles. The first kappa shape index (κ1) is 21.7. The molecule has 2 aromatic heterocycles. The van der Waals surface area contributed by atoms with Crippen LogP contribution in [-0.2, 0) is 4.74 Å². The van der Waals surface area contributed by atoms with Crippen molar-refractivity contribution in [2.24, 2.45) is 0 Å². The van der Waals surface area contributed by atoms with Gasteiger partial charge in [0.2, 0.25) is 0 Å². The number of carbonyl (C=O) groups excluding carboxylic acids is 2. The first-order chi connectivity index (χ1) is 16.5. The van der Waals surface area contributed by atoms with Gasteiger partial charge in [-0.1, -0.05) is 12.1 Å². The number of fused-ring (bicyclic) bond motifs is 3. The summed E-state index contributed by atoms with van der Waals surface area (Å²) in [6, 6.07) is 15.0. The molecular weight excluding hydrogens is 437 g/mol. The molecule has 174 valence electrons. The number of hydrogen-bond acceptors (Lipinski definition) is 5. The lowest BCUT2D eigenvalue weighted by atomic mass is 10.2. The molecule has 1 N–H and O–H groups in total. The van der Waals surface area contributed by atoms with Crippen molar-refractivity contribution in [3.8, 4) is 0 Å². The smallest absolute Gasteiger partial charge is 0.339 e.